The Morgan fingerprint density at radius 3 is 2.04 bits per heavy atom. The van der Waals surface area contributed by atoms with Crippen molar-refractivity contribution in [1.82, 2.24) is 5.32 Å². The Bertz CT molecular complexity index is 720. The van der Waals surface area contributed by atoms with E-state index in [1.165, 1.54) is 0 Å². The Hall–Kier alpha value is -2.66. The van der Waals surface area contributed by atoms with Crippen LogP contribution in [0.3, 0.4) is 0 Å². The maximum Gasteiger partial charge on any atom is 0.255 e. The minimum absolute atomic E-state index is 0.119. The Balaban J connectivity index is 1.56. The molecule has 5 nitrogen and oxygen atoms in total. The van der Waals surface area contributed by atoms with Gasteiger partial charge in [-0.2, -0.15) is 0 Å². The Morgan fingerprint density at radius 2 is 1.40 bits per heavy atom. The second-order valence-electron chi connectivity index (χ2n) is 6.38. The third kappa shape index (κ3) is 4.67. The van der Waals surface area contributed by atoms with Crippen LogP contribution in [0.15, 0.2) is 54.6 Å². The van der Waals surface area contributed by atoms with Crippen molar-refractivity contribution < 1.29 is 14.7 Å². The molecule has 0 atom stereocenters. The summed E-state index contributed by atoms with van der Waals surface area (Å²) in [5, 5.41) is 15.3. The van der Waals surface area contributed by atoms with E-state index < -0.39 is 0 Å². The highest BCUT2D eigenvalue weighted by molar-refractivity contribution is 6.04. The molecule has 1 aliphatic carbocycles. The minimum atomic E-state index is -0.235. The SMILES string of the molecule is O=C(Nc1ccc(C(=O)NC2CCC(O)CC2)cc1)c1ccccc1. The summed E-state index contributed by atoms with van der Waals surface area (Å²) < 4.78 is 0. The van der Waals surface area contributed by atoms with E-state index in [4.69, 9.17) is 0 Å². The molecule has 0 radical (unpaired) electrons. The van der Waals surface area contributed by atoms with Gasteiger partial charge in [0.05, 0.1) is 6.10 Å². The lowest BCUT2D eigenvalue weighted by Crippen LogP contribution is -2.38. The molecule has 0 aromatic heterocycles. The van der Waals surface area contributed by atoms with Gasteiger partial charge in [0.2, 0.25) is 0 Å². The number of hydrogen-bond acceptors (Lipinski definition) is 3. The third-order valence-corrected chi connectivity index (χ3v) is 4.47. The summed E-state index contributed by atoms with van der Waals surface area (Å²) in [4.78, 5) is 24.4. The van der Waals surface area contributed by atoms with Crippen LogP contribution in [-0.4, -0.2) is 29.1 Å². The molecule has 2 aromatic rings. The number of carbonyl (C=O) groups is 2. The molecule has 130 valence electrons. The van der Waals surface area contributed by atoms with E-state index in [9.17, 15) is 14.7 Å². The van der Waals surface area contributed by atoms with Crippen molar-refractivity contribution in [2.75, 3.05) is 5.32 Å². The summed E-state index contributed by atoms with van der Waals surface area (Å²) in [6, 6.07) is 15.9. The maximum atomic E-state index is 12.3. The molecule has 25 heavy (non-hydrogen) atoms. The quantitative estimate of drug-likeness (QED) is 0.802. The molecule has 0 saturated heterocycles. The first kappa shape index (κ1) is 17.2. The fourth-order valence-corrected chi connectivity index (χ4v) is 2.99. The topological polar surface area (TPSA) is 78.4 Å². The molecule has 0 aliphatic heterocycles. The molecule has 1 saturated carbocycles. The number of anilines is 1. The fourth-order valence-electron chi connectivity index (χ4n) is 2.99. The number of carbonyl (C=O) groups excluding carboxylic acids is 2. The largest absolute Gasteiger partial charge is 0.393 e. The van der Waals surface area contributed by atoms with Crippen LogP contribution in [0.4, 0.5) is 5.69 Å². The van der Waals surface area contributed by atoms with Crippen molar-refractivity contribution in [2.45, 2.75) is 37.8 Å². The van der Waals surface area contributed by atoms with E-state index in [1.807, 2.05) is 18.2 Å². The van der Waals surface area contributed by atoms with Crippen LogP contribution in [0.25, 0.3) is 0 Å². The highest BCUT2D eigenvalue weighted by atomic mass is 16.3. The molecule has 0 spiro atoms. The lowest BCUT2D eigenvalue weighted by molar-refractivity contribution is 0.0867. The number of hydrogen-bond donors (Lipinski definition) is 3. The van der Waals surface area contributed by atoms with Gasteiger partial charge in [0.15, 0.2) is 0 Å². The Kier molecular flexibility index (Phi) is 5.46. The minimum Gasteiger partial charge on any atom is -0.393 e. The Labute approximate surface area is 147 Å². The number of nitrogens with one attached hydrogen (secondary N) is 2. The summed E-state index contributed by atoms with van der Waals surface area (Å²) in [5.41, 5.74) is 1.79. The van der Waals surface area contributed by atoms with Crippen LogP contribution in [0, 0.1) is 0 Å². The molecule has 0 bridgehead atoms. The van der Waals surface area contributed by atoms with Crippen molar-refractivity contribution in [3.63, 3.8) is 0 Å². The average molecular weight is 338 g/mol. The van der Waals surface area contributed by atoms with Gasteiger partial charge in [-0.3, -0.25) is 9.59 Å². The maximum absolute atomic E-state index is 12.3. The van der Waals surface area contributed by atoms with Crippen molar-refractivity contribution >= 4 is 17.5 Å². The van der Waals surface area contributed by atoms with Gasteiger partial charge in [0, 0.05) is 22.9 Å². The number of rotatable bonds is 4. The zero-order valence-corrected chi connectivity index (χ0v) is 13.9. The van der Waals surface area contributed by atoms with Crippen LogP contribution in [0.1, 0.15) is 46.4 Å². The third-order valence-electron chi connectivity index (χ3n) is 4.47. The summed E-state index contributed by atoms with van der Waals surface area (Å²) in [6.45, 7) is 0. The first-order chi connectivity index (χ1) is 12.1. The van der Waals surface area contributed by atoms with Crippen LogP contribution in [0.5, 0.6) is 0 Å². The molecule has 3 rings (SSSR count). The van der Waals surface area contributed by atoms with Crippen LogP contribution >= 0.6 is 0 Å². The van der Waals surface area contributed by atoms with Gasteiger partial charge in [-0.1, -0.05) is 18.2 Å². The molecule has 3 N–H and O–H groups in total. The highest BCUT2D eigenvalue weighted by Crippen LogP contribution is 2.19. The number of aliphatic hydroxyl groups excluding tert-OH is 1. The lowest BCUT2D eigenvalue weighted by atomic mass is 9.93. The summed E-state index contributed by atoms with van der Waals surface area (Å²) in [7, 11) is 0. The molecule has 0 unspecified atom stereocenters. The Morgan fingerprint density at radius 1 is 0.800 bits per heavy atom. The zero-order chi connectivity index (χ0) is 17.6. The van der Waals surface area contributed by atoms with Gasteiger partial charge < -0.3 is 15.7 Å². The van der Waals surface area contributed by atoms with Gasteiger partial charge in [0.25, 0.3) is 11.8 Å². The van der Waals surface area contributed by atoms with Crippen molar-refractivity contribution in [2.24, 2.45) is 0 Å². The van der Waals surface area contributed by atoms with E-state index >= 15 is 0 Å². The summed E-state index contributed by atoms with van der Waals surface area (Å²) in [6.07, 6.45) is 2.83. The number of benzene rings is 2. The predicted molar refractivity (Wildman–Crippen MR) is 96.6 cm³/mol. The molecule has 2 aromatic carbocycles. The van der Waals surface area contributed by atoms with Gasteiger partial charge >= 0.3 is 0 Å². The zero-order valence-electron chi connectivity index (χ0n) is 13.9. The van der Waals surface area contributed by atoms with Crippen molar-refractivity contribution in [3.8, 4) is 0 Å². The van der Waals surface area contributed by atoms with Gasteiger partial charge in [-0.15, -0.1) is 0 Å². The predicted octanol–water partition coefficient (Wildman–Crippen LogP) is 2.97. The first-order valence-corrected chi connectivity index (χ1v) is 8.57. The average Bonchev–Trinajstić information content (AvgIpc) is 2.65. The lowest BCUT2D eigenvalue weighted by Gasteiger charge is -2.26. The molecule has 1 aliphatic rings. The van der Waals surface area contributed by atoms with E-state index in [1.54, 1.807) is 36.4 Å². The normalized spacial score (nSPS) is 19.9. The summed E-state index contributed by atoms with van der Waals surface area (Å²) in [5.74, 6) is -0.305. The van der Waals surface area contributed by atoms with Gasteiger partial charge in [-0.05, 0) is 62.1 Å². The van der Waals surface area contributed by atoms with Gasteiger partial charge in [0.1, 0.15) is 0 Å². The van der Waals surface area contributed by atoms with Crippen LogP contribution in [-0.2, 0) is 0 Å². The van der Waals surface area contributed by atoms with Crippen molar-refractivity contribution in [1.29, 1.82) is 0 Å². The van der Waals surface area contributed by atoms with Gasteiger partial charge in [-0.25, -0.2) is 0 Å². The van der Waals surface area contributed by atoms with E-state index in [0.717, 1.165) is 25.7 Å². The number of aliphatic hydroxyl groups is 1. The molecule has 1 fully saturated rings. The summed E-state index contributed by atoms with van der Waals surface area (Å²) >= 11 is 0. The smallest absolute Gasteiger partial charge is 0.255 e. The first-order valence-electron chi connectivity index (χ1n) is 8.57. The van der Waals surface area contributed by atoms with E-state index in [2.05, 4.69) is 10.6 Å². The molecule has 2 amide bonds. The molecule has 5 heteroatoms. The van der Waals surface area contributed by atoms with E-state index in [0.29, 0.717) is 16.8 Å². The molecule has 0 heterocycles. The second kappa shape index (κ2) is 7.94. The second-order valence-corrected chi connectivity index (χ2v) is 6.38. The van der Waals surface area contributed by atoms with Crippen LogP contribution < -0.4 is 10.6 Å². The highest BCUT2D eigenvalue weighted by Gasteiger charge is 2.21. The monoisotopic (exact) mass is 338 g/mol. The fraction of sp³-hybridized carbons (Fsp3) is 0.300. The van der Waals surface area contributed by atoms with E-state index in [-0.39, 0.29) is 24.0 Å². The standard InChI is InChI=1S/C20H22N2O3/c23-18-12-10-17(11-13-18)22-20(25)15-6-8-16(9-7-15)21-19(24)14-4-2-1-3-5-14/h1-9,17-18,23H,10-13H2,(H,21,24)(H,22,25). The molecular weight excluding hydrogens is 316 g/mol. The number of amides is 2. The molecular formula is C20H22N2O3. The van der Waals surface area contributed by atoms with Crippen molar-refractivity contribution in [3.05, 3.63) is 65.7 Å². The van der Waals surface area contributed by atoms with Crippen LogP contribution in [0.2, 0.25) is 0 Å².